The van der Waals surface area contributed by atoms with Gasteiger partial charge in [-0.3, -0.25) is 10.1 Å². The van der Waals surface area contributed by atoms with Crippen molar-refractivity contribution in [3.63, 3.8) is 0 Å². The molecule has 0 saturated carbocycles. The summed E-state index contributed by atoms with van der Waals surface area (Å²) in [6.45, 7) is 3.76. The van der Waals surface area contributed by atoms with Gasteiger partial charge in [-0.15, -0.1) is 0 Å². The Bertz CT molecular complexity index is 689. The van der Waals surface area contributed by atoms with E-state index in [4.69, 9.17) is 11.6 Å². The van der Waals surface area contributed by atoms with E-state index < -0.39 is 4.92 Å². The number of aryl methyl sites for hydroxylation is 1. The van der Waals surface area contributed by atoms with E-state index in [2.05, 4.69) is 5.32 Å². The van der Waals surface area contributed by atoms with Crippen LogP contribution in [0.2, 0.25) is 5.02 Å². The van der Waals surface area contributed by atoms with Crippen molar-refractivity contribution >= 4 is 23.0 Å². The number of anilines is 1. The molecular weight excluding hydrogens is 292 g/mol. The Morgan fingerprint density at radius 3 is 2.62 bits per heavy atom. The Kier molecular flexibility index (Phi) is 4.33. The molecule has 110 valence electrons. The fourth-order valence-corrected chi connectivity index (χ4v) is 2.28. The first-order chi connectivity index (χ1) is 9.88. The van der Waals surface area contributed by atoms with Crippen molar-refractivity contribution in [3.05, 3.63) is 62.7 Å². The molecule has 0 aliphatic carbocycles. The molecule has 0 aliphatic heterocycles. The van der Waals surface area contributed by atoms with Crippen LogP contribution in [0.15, 0.2) is 36.4 Å². The number of phenolic OH excluding ortho intramolecular Hbond substituents is 1. The molecule has 21 heavy (non-hydrogen) atoms. The Balaban J connectivity index is 2.25. The van der Waals surface area contributed by atoms with Gasteiger partial charge in [-0.25, -0.2) is 0 Å². The van der Waals surface area contributed by atoms with E-state index in [0.717, 1.165) is 11.1 Å². The number of hydrogen-bond acceptors (Lipinski definition) is 4. The van der Waals surface area contributed by atoms with Crippen LogP contribution in [0.25, 0.3) is 0 Å². The van der Waals surface area contributed by atoms with Gasteiger partial charge in [0.2, 0.25) is 0 Å². The van der Waals surface area contributed by atoms with Crippen molar-refractivity contribution in [2.24, 2.45) is 0 Å². The van der Waals surface area contributed by atoms with Gasteiger partial charge in [-0.2, -0.15) is 0 Å². The van der Waals surface area contributed by atoms with E-state index in [9.17, 15) is 15.2 Å². The van der Waals surface area contributed by atoms with Crippen LogP contribution in [-0.2, 0) is 0 Å². The standard InChI is InChI=1S/C15H15ClN2O3/c1-9-3-5-12(15(19)7-9)10(2)17-11-4-6-13(16)14(8-11)18(20)21/h3-8,10,17,19H,1-2H3. The van der Waals surface area contributed by atoms with Crippen LogP contribution in [0.3, 0.4) is 0 Å². The van der Waals surface area contributed by atoms with E-state index >= 15 is 0 Å². The Morgan fingerprint density at radius 2 is 2.00 bits per heavy atom. The molecule has 2 rings (SSSR count). The Hall–Kier alpha value is -2.27. The van der Waals surface area contributed by atoms with Crippen LogP contribution in [0.5, 0.6) is 5.75 Å². The summed E-state index contributed by atoms with van der Waals surface area (Å²) in [5, 5.41) is 24.0. The predicted octanol–water partition coefficient (Wildman–Crippen LogP) is 4.44. The van der Waals surface area contributed by atoms with Gasteiger partial charge in [0, 0.05) is 17.3 Å². The SMILES string of the molecule is Cc1ccc(C(C)Nc2ccc(Cl)c([N+](=O)[O-])c2)c(O)c1. The molecule has 5 nitrogen and oxygen atoms in total. The van der Waals surface area contributed by atoms with Gasteiger partial charge in [0.25, 0.3) is 5.69 Å². The number of hydrogen-bond donors (Lipinski definition) is 2. The van der Waals surface area contributed by atoms with Crippen molar-refractivity contribution in [1.29, 1.82) is 0 Å². The molecule has 0 radical (unpaired) electrons. The van der Waals surface area contributed by atoms with Crippen molar-refractivity contribution in [3.8, 4) is 5.75 Å². The Morgan fingerprint density at radius 1 is 1.29 bits per heavy atom. The molecule has 0 saturated heterocycles. The van der Waals surface area contributed by atoms with Crippen molar-refractivity contribution < 1.29 is 10.0 Å². The smallest absolute Gasteiger partial charge is 0.289 e. The van der Waals surface area contributed by atoms with Gasteiger partial charge < -0.3 is 10.4 Å². The highest BCUT2D eigenvalue weighted by molar-refractivity contribution is 6.32. The number of benzene rings is 2. The van der Waals surface area contributed by atoms with Crippen LogP contribution < -0.4 is 5.32 Å². The summed E-state index contributed by atoms with van der Waals surface area (Å²) in [6.07, 6.45) is 0. The van der Waals surface area contributed by atoms with Gasteiger partial charge >= 0.3 is 0 Å². The normalized spacial score (nSPS) is 12.0. The van der Waals surface area contributed by atoms with Crippen molar-refractivity contribution in [1.82, 2.24) is 0 Å². The molecule has 1 unspecified atom stereocenters. The minimum atomic E-state index is -0.526. The summed E-state index contributed by atoms with van der Waals surface area (Å²) < 4.78 is 0. The van der Waals surface area contributed by atoms with E-state index in [0.29, 0.717) is 5.69 Å². The van der Waals surface area contributed by atoms with Crippen LogP contribution in [0.1, 0.15) is 24.1 Å². The van der Waals surface area contributed by atoms with Crippen LogP contribution in [0.4, 0.5) is 11.4 Å². The van der Waals surface area contributed by atoms with Gasteiger partial charge in [-0.05, 0) is 37.6 Å². The predicted molar refractivity (Wildman–Crippen MR) is 83.0 cm³/mol. The molecular formula is C15H15ClN2O3. The zero-order chi connectivity index (χ0) is 15.6. The average molecular weight is 307 g/mol. The zero-order valence-corrected chi connectivity index (χ0v) is 12.4. The molecule has 0 aliphatic rings. The van der Waals surface area contributed by atoms with E-state index in [1.54, 1.807) is 12.1 Å². The number of rotatable bonds is 4. The summed E-state index contributed by atoms with van der Waals surface area (Å²) in [4.78, 5) is 10.3. The van der Waals surface area contributed by atoms with Gasteiger partial charge in [0.1, 0.15) is 10.8 Å². The molecule has 2 N–H and O–H groups in total. The zero-order valence-electron chi connectivity index (χ0n) is 11.6. The van der Waals surface area contributed by atoms with E-state index in [1.807, 2.05) is 26.0 Å². The highest BCUT2D eigenvalue weighted by Crippen LogP contribution is 2.31. The molecule has 2 aromatic rings. The number of nitro benzene ring substituents is 1. The second kappa shape index (κ2) is 6.01. The number of halogens is 1. The summed E-state index contributed by atoms with van der Waals surface area (Å²) in [6, 6.07) is 9.72. The summed E-state index contributed by atoms with van der Waals surface area (Å²) in [5.74, 6) is 0.193. The largest absolute Gasteiger partial charge is 0.508 e. The highest BCUT2D eigenvalue weighted by Gasteiger charge is 2.15. The topological polar surface area (TPSA) is 75.4 Å². The third-order valence-corrected chi connectivity index (χ3v) is 3.50. The first kappa shape index (κ1) is 15.1. The average Bonchev–Trinajstić information content (AvgIpc) is 2.40. The molecule has 0 heterocycles. The monoisotopic (exact) mass is 306 g/mol. The number of nitrogens with one attached hydrogen (secondary N) is 1. The molecule has 6 heteroatoms. The molecule has 1 atom stereocenters. The first-order valence-electron chi connectivity index (χ1n) is 6.38. The van der Waals surface area contributed by atoms with Crippen LogP contribution >= 0.6 is 11.6 Å². The maximum Gasteiger partial charge on any atom is 0.289 e. The lowest BCUT2D eigenvalue weighted by Gasteiger charge is -2.17. The Labute approximate surface area is 127 Å². The summed E-state index contributed by atoms with van der Waals surface area (Å²) >= 11 is 5.78. The van der Waals surface area contributed by atoms with Crippen molar-refractivity contribution in [2.45, 2.75) is 19.9 Å². The molecule has 0 spiro atoms. The second-order valence-electron chi connectivity index (χ2n) is 4.85. The lowest BCUT2D eigenvalue weighted by Crippen LogP contribution is -2.07. The minimum Gasteiger partial charge on any atom is -0.508 e. The fraction of sp³-hybridized carbons (Fsp3) is 0.200. The lowest BCUT2D eigenvalue weighted by atomic mass is 10.0. The lowest BCUT2D eigenvalue weighted by molar-refractivity contribution is -0.384. The van der Waals surface area contributed by atoms with Gasteiger partial charge in [-0.1, -0.05) is 23.7 Å². The number of nitrogens with zero attached hydrogens (tertiary/aromatic N) is 1. The minimum absolute atomic E-state index is 0.0939. The van der Waals surface area contributed by atoms with Crippen LogP contribution in [0, 0.1) is 17.0 Å². The molecule has 2 aromatic carbocycles. The number of phenols is 1. The maximum atomic E-state index is 10.9. The van der Waals surface area contributed by atoms with Crippen LogP contribution in [-0.4, -0.2) is 10.0 Å². The number of nitro groups is 1. The van der Waals surface area contributed by atoms with Crippen molar-refractivity contribution in [2.75, 3.05) is 5.32 Å². The second-order valence-corrected chi connectivity index (χ2v) is 5.26. The highest BCUT2D eigenvalue weighted by atomic mass is 35.5. The summed E-state index contributed by atoms with van der Waals surface area (Å²) in [7, 11) is 0. The quantitative estimate of drug-likeness (QED) is 0.647. The van der Waals surface area contributed by atoms with Gasteiger partial charge in [0.05, 0.1) is 11.0 Å². The molecule has 0 aromatic heterocycles. The molecule has 0 bridgehead atoms. The third-order valence-electron chi connectivity index (χ3n) is 3.18. The van der Waals surface area contributed by atoms with Gasteiger partial charge in [0.15, 0.2) is 0 Å². The first-order valence-corrected chi connectivity index (χ1v) is 6.76. The third kappa shape index (κ3) is 3.44. The van der Waals surface area contributed by atoms with E-state index in [1.165, 1.54) is 12.1 Å². The molecule has 0 fully saturated rings. The number of aromatic hydroxyl groups is 1. The maximum absolute atomic E-state index is 10.9. The summed E-state index contributed by atoms with van der Waals surface area (Å²) in [5.41, 5.74) is 2.10. The van der Waals surface area contributed by atoms with E-state index in [-0.39, 0.29) is 22.5 Å². The molecule has 0 amide bonds. The fourth-order valence-electron chi connectivity index (χ4n) is 2.09.